The summed E-state index contributed by atoms with van der Waals surface area (Å²) < 4.78 is 0.619. The number of nitrogens with zero attached hydrogens (tertiary/aromatic N) is 3. The van der Waals surface area contributed by atoms with Crippen molar-refractivity contribution in [2.24, 2.45) is 0 Å². The van der Waals surface area contributed by atoms with Gasteiger partial charge in [-0.3, -0.25) is 14.5 Å². The van der Waals surface area contributed by atoms with Crippen molar-refractivity contribution in [1.29, 1.82) is 0 Å². The summed E-state index contributed by atoms with van der Waals surface area (Å²) in [4.78, 5) is 38.5. The molecule has 2 N–H and O–H groups in total. The topological polar surface area (TPSA) is 112 Å². The number of hydrogen-bond acceptors (Lipinski definition) is 8. The normalized spacial score (nSPS) is 21.1. The molecule has 1 aromatic heterocycles. The lowest BCUT2D eigenvalue weighted by molar-refractivity contribution is -0.150. The molecule has 1 saturated heterocycles. The SMILES string of the molecule is O=C(Cc1ccccc1)N[C@@H]1C(=O)N2C(C(=O)O)=C(Sc3nncs3)CS[C@@H]12. The van der Waals surface area contributed by atoms with Gasteiger partial charge in [0.05, 0.1) is 6.42 Å². The molecule has 1 fully saturated rings. The average Bonchev–Trinajstić information content (AvgIpc) is 3.19. The lowest BCUT2D eigenvalue weighted by Crippen LogP contribution is -2.70. The Morgan fingerprint density at radius 1 is 1.32 bits per heavy atom. The van der Waals surface area contributed by atoms with Crippen LogP contribution in [0.5, 0.6) is 0 Å². The summed E-state index contributed by atoms with van der Waals surface area (Å²) in [5.41, 5.74) is 2.37. The molecule has 2 aliphatic rings. The largest absolute Gasteiger partial charge is 0.477 e. The molecular formula is C17H14N4O4S3. The maximum absolute atomic E-state index is 12.6. The zero-order chi connectivity index (χ0) is 19.7. The number of thioether (sulfide) groups is 2. The number of aliphatic carboxylic acids is 1. The van der Waals surface area contributed by atoms with Crippen molar-refractivity contribution < 1.29 is 19.5 Å². The van der Waals surface area contributed by atoms with Gasteiger partial charge in [-0.1, -0.05) is 53.4 Å². The monoisotopic (exact) mass is 434 g/mol. The smallest absolute Gasteiger partial charge is 0.353 e. The molecule has 2 aromatic rings. The highest BCUT2D eigenvalue weighted by molar-refractivity contribution is 8.07. The molecule has 0 unspecified atom stereocenters. The van der Waals surface area contributed by atoms with Crippen molar-refractivity contribution in [2.75, 3.05) is 5.75 Å². The fourth-order valence-electron chi connectivity index (χ4n) is 2.99. The number of rotatable bonds is 6. The molecule has 2 atom stereocenters. The maximum atomic E-state index is 12.6. The predicted molar refractivity (Wildman–Crippen MR) is 106 cm³/mol. The molecule has 2 aliphatic heterocycles. The van der Waals surface area contributed by atoms with Crippen molar-refractivity contribution in [3.63, 3.8) is 0 Å². The van der Waals surface area contributed by atoms with Crippen LogP contribution in [-0.4, -0.2) is 55.2 Å². The van der Waals surface area contributed by atoms with Crippen LogP contribution in [-0.2, 0) is 20.8 Å². The Labute approximate surface area is 172 Å². The van der Waals surface area contributed by atoms with Gasteiger partial charge in [0.1, 0.15) is 22.6 Å². The number of hydrogen-bond donors (Lipinski definition) is 2. The first-order valence-electron chi connectivity index (χ1n) is 8.23. The molecule has 1 aromatic carbocycles. The number of aromatic nitrogens is 2. The Morgan fingerprint density at radius 3 is 2.79 bits per heavy atom. The van der Waals surface area contributed by atoms with Crippen molar-refractivity contribution in [3.8, 4) is 0 Å². The maximum Gasteiger partial charge on any atom is 0.353 e. The molecule has 3 heterocycles. The van der Waals surface area contributed by atoms with Crippen LogP contribution in [0, 0.1) is 0 Å². The number of amides is 2. The molecule has 0 bridgehead atoms. The second-order valence-electron chi connectivity index (χ2n) is 6.00. The predicted octanol–water partition coefficient (Wildman–Crippen LogP) is 1.57. The number of carboxylic acid groups (broad SMARTS) is 1. The molecule has 11 heteroatoms. The second-order valence-corrected chi connectivity index (χ2v) is 9.28. The van der Waals surface area contributed by atoms with E-state index in [-0.39, 0.29) is 18.0 Å². The number of carbonyl (C=O) groups is 3. The molecule has 0 spiro atoms. The first kappa shape index (κ1) is 19.0. The van der Waals surface area contributed by atoms with Gasteiger partial charge >= 0.3 is 5.97 Å². The Morgan fingerprint density at radius 2 is 2.11 bits per heavy atom. The number of benzene rings is 1. The number of carboxylic acids is 1. The van der Waals surface area contributed by atoms with Crippen LogP contribution in [0.15, 0.2) is 50.8 Å². The Bertz CT molecular complexity index is 949. The molecule has 0 saturated carbocycles. The Kier molecular flexibility index (Phi) is 5.38. The highest BCUT2D eigenvalue weighted by Crippen LogP contribution is 2.45. The van der Waals surface area contributed by atoms with E-state index in [9.17, 15) is 19.5 Å². The van der Waals surface area contributed by atoms with Gasteiger partial charge < -0.3 is 10.4 Å². The summed E-state index contributed by atoms with van der Waals surface area (Å²) in [7, 11) is 0. The first-order valence-corrected chi connectivity index (χ1v) is 11.0. The highest BCUT2D eigenvalue weighted by atomic mass is 32.2. The van der Waals surface area contributed by atoms with E-state index in [0.29, 0.717) is 15.0 Å². The Balaban J connectivity index is 1.47. The molecule has 4 rings (SSSR count). The summed E-state index contributed by atoms with van der Waals surface area (Å²) in [5.74, 6) is -1.42. The van der Waals surface area contributed by atoms with Gasteiger partial charge in [-0.05, 0) is 5.56 Å². The van der Waals surface area contributed by atoms with Crippen LogP contribution < -0.4 is 5.32 Å². The van der Waals surface area contributed by atoms with Crippen LogP contribution in [0.25, 0.3) is 0 Å². The van der Waals surface area contributed by atoms with Gasteiger partial charge in [0.15, 0.2) is 4.34 Å². The van der Waals surface area contributed by atoms with E-state index >= 15 is 0 Å². The number of nitrogens with one attached hydrogen (secondary N) is 1. The van der Waals surface area contributed by atoms with Crippen molar-refractivity contribution >= 4 is 52.6 Å². The minimum absolute atomic E-state index is 0.0393. The molecule has 28 heavy (non-hydrogen) atoms. The van der Waals surface area contributed by atoms with Gasteiger partial charge in [-0.2, -0.15) is 0 Å². The van der Waals surface area contributed by atoms with Crippen LogP contribution in [0.3, 0.4) is 0 Å². The zero-order valence-corrected chi connectivity index (χ0v) is 16.7. The molecule has 0 radical (unpaired) electrons. The fraction of sp³-hybridized carbons (Fsp3) is 0.235. The first-order chi connectivity index (χ1) is 13.5. The third-order valence-electron chi connectivity index (χ3n) is 4.21. The Hall–Kier alpha value is -2.37. The highest BCUT2D eigenvalue weighted by Gasteiger charge is 2.54. The summed E-state index contributed by atoms with van der Waals surface area (Å²) in [5, 5.41) is 19.6. The third-order valence-corrected chi connectivity index (χ3v) is 7.54. The minimum atomic E-state index is -1.17. The standard InChI is InChI=1S/C17H14N4O4S3/c22-11(6-9-4-2-1-3-5-9)19-12-14(23)21-13(16(24)25)10(7-26-15(12)21)28-17-20-18-8-27-17/h1-5,8,12,15H,6-7H2,(H,19,22)(H,24,25)/t12-,15+/m1/s1. The molecule has 8 nitrogen and oxygen atoms in total. The van der Waals surface area contributed by atoms with E-state index in [1.165, 1.54) is 39.8 Å². The van der Waals surface area contributed by atoms with Crippen molar-refractivity contribution in [1.82, 2.24) is 20.4 Å². The molecule has 0 aliphatic carbocycles. The molecule has 144 valence electrons. The average molecular weight is 435 g/mol. The van der Waals surface area contributed by atoms with E-state index in [2.05, 4.69) is 15.5 Å². The summed E-state index contributed by atoms with van der Waals surface area (Å²) >= 11 is 3.94. The van der Waals surface area contributed by atoms with Crippen LogP contribution in [0.4, 0.5) is 0 Å². The quantitative estimate of drug-likeness (QED) is 0.659. The van der Waals surface area contributed by atoms with E-state index in [4.69, 9.17) is 0 Å². The van der Waals surface area contributed by atoms with E-state index in [1.54, 1.807) is 5.51 Å². The van der Waals surface area contributed by atoms with E-state index in [0.717, 1.165) is 5.56 Å². The lowest BCUT2D eigenvalue weighted by atomic mass is 10.0. The lowest BCUT2D eigenvalue weighted by Gasteiger charge is -2.49. The van der Waals surface area contributed by atoms with Crippen molar-refractivity contribution in [2.45, 2.75) is 22.2 Å². The zero-order valence-electron chi connectivity index (χ0n) is 14.3. The van der Waals surface area contributed by atoms with Gasteiger partial charge in [0.25, 0.3) is 5.91 Å². The van der Waals surface area contributed by atoms with Gasteiger partial charge in [-0.25, -0.2) is 4.79 Å². The fourth-order valence-corrected chi connectivity index (χ4v) is 6.10. The number of carbonyl (C=O) groups excluding carboxylic acids is 2. The van der Waals surface area contributed by atoms with E-state index < -0.39 is 23.3 Å². The summed E-state index contributed by atoms with van der Waals surface area (Å²) in [6, 6.07) is 8.51. The van der Waals surface area contributed by atoms with E-state index in [1.807, 2.05) is 30.3 Å². The van der Waals surface area contributed by atoms with Gasteiger partial charge in [0.2, 0.25) is 5.91 Å². The number of fused-ring (bicyclic) bond motifs is 1. The summed E-state index contributed by atoms with van der Waals surface area (Å²) in [6.45, 7) is 0. The van der Waals surface area contributed by atoms with Crippen LogP contribution in [0.2, 0.25) is 0 Å². The van der Waals surface area contributed by atoms with Gasteiger partial charge in [0, 0.05) is 10.7 Å². The summed E-state index contributed by atoms with van der Waals surface area (Å²) in [6.07, 6.45) is 0.168. The van der Waals surface area contributed by atoms with Crippen molar-refractivity contribution in [3.05, 3.63) is 52.0 Å². The second kappa shape index (κ2) is 7.94. The molecule has 2 amide bonds. The third kappa shape index (κ3) is 3.64. The molecular weight excluding hydrogens is 420 g/mol. The van der Waals surface area contributed by atoms with Crippen LogP contribution >= 0.6 is 34.9 Å². The van der Waals surface area contributed by atoms with Gasteiger partial charge in [-0.15, -0.1) is 22.0 Å². The minimum Gasteiger partial charge on any atom is -0.477 e. The van der Waals surface area contributed by atoms with Crippen LogP contribution in [0.1, 0.15) is 5.56 Å². The number of β-lactam (4-membered cyclic amide) rings is 1.